The smallest absolute Gasteiger partial charge is 0.154 e. The van der Waals surface area contributed by atoms with Gasteiger partial charge >= 0.3 is 0 Å². The van der Waals surface area contributed by atoms with Crippen LogP contribution in [0.2, 0.25) is 0 Å². The zero-order chi connectivity index (χ0) is 20.0. The van der Waals surface area contributed by atoms with Crippen molar-refractivity contribution in [2.75, 3.05) is 11.4 Å². The zero-order valence-corrected chi connectivity index (χ0v) is 19.0. The molecule has 2 aromatic heterocycles. The molecule has 1 aliphatic heterocycles. The molecule has 3 nitrogen and oxygen atoms in total. The van der Waals surface area contributed by atoms with Crippen molar-refractivity contribution in [2.45, 2.75) is 38.4 Å². The number of hydrogen-bond donors (Lipinski definition) is 1. The van der Waals surface area contributed by atoms with Crippen LogP contribution >= 0.6 is 25.0 Å². The Morgan fingerprint density at radius 2 is 1.67 bits per heavy atom. The Hall–Kier alpha value is -2.43. The minimum absolute atomic E-state index is 0. The first kappa shape index (κ1) is 20.8. The number of hydrogen-bond acceptors (Lipinski definition) is 3. The van der Waals surface area contributed by atoms with Crippen LogP contribution < -0.4 is 4.90 Å². The summed E-state index contributed by atoms with van der Waals surface area (Å²) in [5.74, 6) is 1.05. The molecule has 3 heterocycles. The third kappa shape index (κ3) is 3.59. The molecule has 5 heteroatoms. The molecule has 0 spiro atoms. The molecule has 0 saturated heterocycles. The van der Waals surface area contributed by atoms with E-state index in [4.69, 9.17) is 4.98 Å². The molecule has 30 heavy (non-hydrogen) atoms. The van der Waals surface area contributed by atoms with Crippen LogP contribution in [0.1, 0.15) is 27.9 Å². The summed E-state index contributed by atoms with van der Waals surface area (Å²) in [7, 11) is 0. The van der Waals surface area contributed by atoms with E-state index < -0.39 is 0 Å². The molecule has 0 unspecified atom stereocenters. The molecule has 0 bridgehead atoms. The maximum Gasteiger partial charge on any atom is 0.154 e. The highest BCUT2D eigenvalue weighted by Gasteiger charge is 2.23. The topological polar surface area (TPSA) is 21.1 Å². The fraction of sp³-hybridized carbons (Fsp3) is 0.240. The molecule has 0 fully saturated rings. The van der Waals surface area contributed by atoms with Crippen molar-refractivity contribution < 1.29 is 0 Å². The lowest BCUT2D eigenvalue weighted by Gasteiger charge is -2.31. The molecular formula is C25H26ClN3S. The maximum atomic E-state index is 4.92. The van der Waals surface area contributed by atoms with Gasteiger partial charge in [-0.05, 0) is 48.6 Å². The van der Waals surface area contributed by atoms with E-state index in [1.165, 1.54) is 38.9 Å². The molecule has 5 rings (SSSR count). The average molecular weight is 436 g/mol. The van der Waals surface area contributed by atoms with E-state index in [0.717, 1.165) is 36.9 Å². The van der Waals surface area contributed by atoms with Crippen LogP contribution in [0.4, 0.5) is 5.82 Å². The van der Waals surface area contributed by atoms with Crippen molar-refractivity contribution in [1.29, 1.82) is 0 Å². The number of benzene rings is 2. The summed E-state index contributed by atoms with van der Waals surface area (Å²) in [6.45, 7) is 7.14. The normalized spacial score (nSPS) is 13.2. The van der Waals surface area contributed by atoms with Crippen LogP contribution in [-0.2, 0) is 19.5 Å². The van der Waals surface area contributed by atoms with Gasteiger partial charge in [-0.2, -0.15) is 0 Å². The summed E-state index contributed by atoms with van der Waals surface area (Å²) in [6.07, 6.45) is 1.05. The predicted octanol–water partition coefficient (Wildman–Crippen LogP) is 5.97. The number of halogens is 1. The Labute approximate surface area is 189 Å². The molecule has 0 N–H and O–H groups in total. The van der Waals surface area contributed by atoms with Gasteiger partial charge in [0.1, 0.15) is 0 Å². The van der Waals surface area contributed by atoms with Crippen LogP contribution in [0.3, 0.4) is 0 Å². The van der Waals surface area contributed by atoms with Crippen molar-refractivity contribution in [3.05, 3.63) is 88.6 Å². The molecule has 0 aliphatic carbocycles. The number of nitrogens with zero attached hydrogens (tertiary/aromatic N) is 3. The molecule has 0 radical (unpaired) electrons. The first-order valence-electron chi connectivity index (χ1n) is 10.2. The Morgan fingerprint density at radius 3 is 2.43 bits per heavy atom. The van der Waals surface area contributed by atoms with Gasteiger partial charge in [-0.1, -0.05) is 54.6 Å². The SMILES string of the molecule is Cc1c(C)n(Cc2ccccc2)c2c(N3CCc4ccccc4C3)nc(S)cc12.Cl. The second-order valence-corrected chi connectivity index (χ2v) is 8.38. The van der Waals surface area contributed by atoms with Crippen LogP contribution in [0.5, 0.6) is 0 Å². The molecule has 1 aliphatic rings. The van der Waals surface area contributed by atoms with Crippen molar-refractivity contribution >= 4 is 41.8 Å². The van der Waals surface area contributed by atoms with Crippen LogP contribution in [0, 0.1) is 13.8 Å². The van der Waals surface area contributed by atoms with E-state index >= 15 is 0 Å². The third-order valence-corrected chi connectivity index (χ3v) is 6.43. The average Bonchev–Trinajstić information content (AvgIpc) is 2.98. The number of anilines is 1. The number of fused-ring (bicyclic) bond motifs is 2. The van der Waals surface area contributed by atoms with E-state index in [1.807, 2.05) is 0 Å². The van der Waals surface area contributed by atoms with Gasteiger partial charge in [0, 0.05) is 30.7 Å². The van der Waals surface area contributed by atoms with Gasteiger partial charge in [0.15, 0.2) is 5.82 Å². The Kier molecular flexibility index (Phi) is 5.81. The first-order valence-corrected chi connectivity index (χ1v) is 10.6. The van der Waals surface area contributed by atoms with E-state index in [0.29, 0.717) is 0 Å². The standard InChI is InChI=1S/C25H25N3S.ClH/c1-17-18(2)28(15-19-8-4-3-5-9-19)24-22(17)14-23(29)26-25(24)27-13-12-20-10-6-7-11-21(20)16-27;/h3-11,14H,12-13,15-16H2,1-2H3,(H,26,29);1H. The summed E-state index contributed by atoms with van der Waals surface area (Å²) in [6, 6.07) is 21.5. The number of thiol groups is 1. The van der Waals surface area contributed by atoms with Gasteiger partial charge in [-0.3, -0.25) is 0 Å². The van der Waals surface area contributed by atoms with Gasteiger partial charge in [0.25, 0.3) is 0 Å². The Bertz CT molecular complexity index is 1200. The highest BCUT2D eigenvalue weighted by molar-refractivity contribution is 7.80. The minimum atomic E-state index is 0. The number of aryl methyl sites for hydroxylation is 1. The van der Waals surface area contributed by atoms with E-state index in [9.17, 15) is 0 Å². The molecule has 154 valence electrons. The van der Waals surface area contributed by atoms with Gasteiger partial charge in [-0.15, -0.1) is 25.0 Å². The quantitative estimate of drug-likeness (QED) is 0.400. The minimum Gasteiger partial charge on any atom is -0.350 e. The van der Waals surface area contributed by atoms with Crippen LogP contribution in [0.15, 0.2) is 65.7 Å². The molecule has 4 aromatic rings. The molecule has 2 aromatic carbocycles. The molecule has 0 atom stereocenters. The van der Waals surface area contributed by atoms with E-state index in [2.05, 4.69) is 96.6 Å². The summed E-state index contributed by atoms with van der Waals surface area (Å²) in [5, 5.41) is 2.04. The van der Waals surface area contributed by atoms with Crippen molar-refractivity contribution in [1.82, 2.24) is 9.55 Å². The van der Waals surface area contributed by atoms with Gasteiger partial charge < -0.3 is 9.47 Å². The van der Waals surface area contributed by atoms with Crippen LogP contribution in [-0.4, -0.2) is 16.1 Å². The molecular weight excluding hydrogens is 410 g/mol. The van der Waals surface area contributed by atoms with Gasteiger partial charge in [-0.25, -0.2) is 4.98 Å². The van der Waals surface area contributed by atoms with Crippen molar-refractivity contribution in [3.8, 4) is 0 Å². The highest BCUT2D eigenvalue weighted by atomic mass is 35.5. The largest absolute Gasteiger partial charge is 0.350 e. The highest BCUT2D eigenvalue weighted by Crippen LogP contribution is 2.35. The lowest BCUT2D eigenvalue weighted by molar-refractivity contribution is 0.713. The lowest BCUT2D eigenvalue weighted by Crippen LogP contribution is -2.31. The Balaban J connectivity index is 0.00000218. The Morgan fingerprint density at radius 1 is 0.967 bits per heavy atom. The maximum absolute atomic E-state index is 4.92. The predicted molar refractivity (Wildman–Crippen MR) is 130 cm³/mol. The van der Waals surface area contributed by atoms with Gasteiger partial charge in [0.2, 0.25) is 0 Å². The summed E-state index contributed by atoms with van der Waals surface area (Å²) >= 11 is 4.65. The summed E-state index contributed by atoms with van der Waals surface area (Å²) in [4.78, 5) is 7.35. The first-order chi connectivity index (χ1) is 14.1. The van der Waals surface area contributed by atoms with Crippen molar-refractivity contribution in [3.63, 3.8) is 0 Å². The monoisotopic (exact) mass is 435 g/mol. The molecule has 0 saturated carbocycles. The van der Waals surface area contributed by atoms with Gasteiger partial charge in [0.05, 0.1) is 10.5 Å². The lowest BCUT2D eigenvalue weighted by atomic mass is 10.00. The van der Waals surface area contributed by atoms with Crippen molar-refractivity contribution in [2.24, 2.45) is 0 Å². The molecule has 0 amide bonds. The summed E-state index contributed by atoms with van der Waals surface area (Å²) < 4.78 is 2.43. The fourth-order valence-corrected chi connectivity index (χ4v) is 4.71. The number of rotatable bonds is 3. The zero-order valence-electron chi connectivity index (χ0n) is 17.3. The number of pyridine rings is 1. The van der Waals surface area contributed by atoms with E-state index in [1.54, 1.807) is 0 Å². The second kappa shape index (κ2) is 8.37. The second-order valence-electron chi connectivity index (χ2n) is 7.92. The van der Waals surface area contributed by atoms with Crippen LogP contribution in [0.25, 0.3) is 10.9 Å². The third-order valence-electron chi connectivity index (χ3n) is 6.20. The summed E-state index contributed by atoms with van der Waals surface area (Å²) in [5.41, 5.74) is 7.98. The fourth-order valence-electron chi connectivity index (χ4n) is 4.49. The number of aromatic nitrogens is 2. The van der Waals surface area contributed by atoms with E-state index in [-0.39, 0.29) is 12.4 Å².